The zero-order valence-electron chi connectivity index (χ0n) is 19.8. The summed E-state index contributed by atoms with van der Waals surface area (Å²) < 4.78 is 6.87. The van der Waals surface area contributed by atoms with Crippen molar-refractivity contribution < 1.29 is 14.3 Å². The van der Waals surface area contributed by atoms with Crippen LogP contribution < -0.4 is 4.90 Å². The fourth-order valence-electron chi connectivity index (χ4n) is 4.93. The van der Waals surface area contributed by atoms with Crippen LogP contribution in [0.25, 0.3) is 31.6 Å². The summed E-state index contributed by atoms with van der Waals surface area (Å²) in [6.07, 6.45) is 0.922. The van der Waals surface area contributed by atoms with Crippen LogP contribution >= 0.6 is 11.3 Å². The molecule has 0 bridgehead atoms. The first kappa shape index (κ1) is 22.4. The topological polar surface area (TPSA) is 59.5 Å². The number of rotatable bonds is 4. The van der Waals surface area contributed by atoms with Crippen molar-refractivity contribution in [3.63, 3.8) is 0 Å². The molecule has 0 aliphatic carbocycles. The van der Waals surface area contributed by atoms with Gasteiger partial charge in [0.25, 0.3) is 5.91 Å². The van der Waals surface area contributed by atoms with Gasteiger partial charge in [0.05, 0.1) is 15.8 Å². The third-order valence-electron chi connectivity index (χ3n) is 6.66. The van der Waals surface area contributed by atoms with Gasteiger partial charge in [0, 0.05) is 23.2 Å². The Morgan fingerprint density at radius 1 is 0.944 bits per heavy atom. The maximum Gasteiger partial charge on any atom is 0.339 e. The van der Waals surface area contributed by atoms with Gasteiger partial charge < -0.3 is 9.64 Å². The summed E-state index contributed by atoms with van der Waals surface area (Å²) in [5, 5.41) is 2.55. The highest BCUT2D eigenvalue weighted by atomic mass is 32.1. The van der Waals surface area contributed by atoms with Gasteiger partial charge in [-0.05, 0) is 55.0 Å². The molecule has 0 saturated heterocycles. The Hall–Kier alpha value is -4.03. The van der Waals surface area contributed by atoms with E-state index in [-0.39, 0.29) is 5.91 Å². The Morgan fingerprint density at radius 3 is 2.58 bits per heavy atom. The number of thiazole rings is 1. The van der Waals surface area contributed by atoms with E-state index < -0.39 is 12.1 Å². The minimum atomic E-state index is -0.909. The minimum Gasteiger partial charge on any atom is -0.449 e. The number of ether oxygens (including phenoxy) is 1. The molecule has 6 heteroatoms. The highest BCUT2D eigenvalue weighted by Crippen LogP contribution is 2.36. The van der Waals surface area contributed by atoms with Crippen LogP contribution in [0.15, 0.2) is 84.9 Å². The van der Waals surface area contributed by atoms with E-state index in [1.165, 1.54) is 0 Å². The monoisotopic (exact) mass is 492 g/mol. The number of hydrogen-bond acceptors (Lipinski definition) is 5. The number of benzene rings is 4. The van der Waals surface area contributed by atoms with E-state index in [0.717, 1.165) is 55.7 Å². The van der Waals surface area contributed by atoms with Crippen molar-refractivity contribution in [3.05, 3.63) is 96.1 Å². The van der Waals surface area contributed by atoms with E-state index in [9.17, 15) is 9.59 Å². The third-order valence-corrected chi connectivity index (χ3v) is 7.73. The number of aromatic nitrogens is 1. The minimum absolute atomic E-state index is 0.206. The predicted octanol–water partition coefficient (Wildman–Crippen LogP) is 6.64. The lowest BCUT2D eigenvalue weighted by Gasteiger charge is -2.31. The second kappa shape index (κ2) is 9.21. The van der Waals surface area contributed by atoms with E-state index >= 15 is 0 Å². The molecule has 4 aromatic carbocycles. The summed E-state index contributed by atoms with van der Waals surface area (Å²) in [4.78, 5) is 33.3. The highest BCUT2D eigenvalue weighted by molar-refractivity contribution is 7.21. The second-order valence-corrected chi connectivity index (χ2v) is 10.00. The Labute approximate surface area is 213 Å². The number of esters is 1. The summed E-state index contributed by atoms with van der Waals surface area (Å²) in [5.41, 5.74) is 4.28. The van der Waals surface area contributed by atoms with Gasteiger partial charge in [-0.25, -0.2) is 9.78 Å². The Balaban J connectivity index is 1.33. The van der Waals surface area contributed by atoms with Crippen LogP contribution in [0.4, 0.5) is 5.69 Å². The molecular formula is C30H24N2O3S. The normalized spacial score (nSPS) is 14.0. The molecule has 0 saturated carbocycles. The van der Waals surface area contributed by atoms with Gasteiger partial charge in [0.1, 0.15) is 5.01 Å². The van der Waals surface area contributed by atoms with E-state index in [4.69, 9.17) is 9.72 Å². The summed E-state index contributed by atoms with van der Waals surface area (Å²) in [6, 6.07) is 27.4. The van der Waals surface area contributed by atoms with E-state index in [0.29, 0.717) is 12.1 Å². The van der Waals surface area contributed by atoms with Crippen LogP contribution in [0.3, 0.4) is 0 Å². The SMILES string of the molecule is CC(OC(=O)c1cccc2cccc(-c3nc4ccccc4s3)c12)C(=O)N1CCCc2ccccc21. The quantitative estimate of drug-likeness (QED) is 0.264. The standard InChI is InChI=1S/C30H24N2O3S/c1-19(29(33)32-18-8-12-20-9-2-4-16-25(20)32)35-30(34)23-14-7-11-21-10-6-13-22(27(21)23)28-31-24-15-3-5-17-26(24)36-28/h2-7,9-11,13-17,19H,8,12,18H2,1H3. The van der Waals surface area contributed by atoms with Gasteiger partial charge >= 0.3 is 5.97 Å². The number of aryl methyl sites for hydroxylation is 1. The Morgan fingerprint density at radius 2 is 1.72 bits per heavy atom. The number of para-hydroxylation sites is 2. The molecular weight excluding hydrogens is 468 g/mol. The van der Waals surface area contributed by atoms with Crippen LogP contribution in [-0.2, 0) is 16.0 Å². The zero-order valence-corrected chi connectivity index (χ0v) is 20.6. The fraction of sp³-hybridized carbons (Fsp3) is 0.167. The van der Waals surface area contributed by atoms with Gasteiger partial charge in [0.15, 0.2) is 6.10 Å². The summed E-state index contributed by atoms with van der Waals surface area (Å²) in [5.74, 6) is -0.720. The van der Waals surface area contributed by atoms with Crippen molar-refractivity contribution in [1.82, 2.24) is 4.98 Å². The maximum atomic E-state index is 13.4. The first-order chi connectivity index (χ1) is 17.6. The Kier molecular flexibility index (Phi) is 5.74. The zero-order chi connectivity index (χ0) is 24.6. The molecule has 0 spiro atoms. The molecule has 0 radical (unpaired) electrons. The van der Waals surface area contributed by atoms with Crippen LogP contribution in [0, 0.1) is 0 Å². The average molecular weight is 493 g/mol. The molecule has 1 aromatic heterocycles. The number of carbonyl (C=O) groups excluding carboxylic acids is 2. The first-order valence-electron chi connectivity index (χ1n) is 12.1. The molecule has 1 unspecified atom stereocenters. The third kappa shape index (κ3) is 3.93. The van der Waals surface area contributed by atoms with Crippen LogP contribution in [0.2, 0.25) is 0 Å². The lowest BCUT2D eigenvalue weighted by molar-refractivity contribution is -0.126. The molecule has 1 amide bonds. The summed E-state index contributed by atoms with van der Waals surface area (Å²) >= 11 is 1.59. The summed E-state index contributed by atoms with van der Waals surface area (Å²) in [6.45, 7) is 2.27. The number of fused-ring (bicyclic) bond motifs is 3. The second-order valence-electron chi connectivity index (χ2n) is 8.97. The first-order valence-corrected chi connectivity index (χ1v) is 12.9. The molecule has 5 nitrogen and oxygen atoms in total. The van der Waals surface area contributed by atoms with Crippen molar-refractivity contribution in [2.75, 3.05) is 11.4 Å². The lowest BCUT2D eigenvalue weighted by atomic mass is 9.99. The fourth-order valence-corrected chi connectivity index (χ4v) is 5.93. The van der Waals surface area contributed by atoms with Gasteiger partial charge in [-0.2, -0.15) is 0 Å². The number of nitrogens with zero attached hydrogens (tertiary/aromatic N) is 2. The number of carbonyl (C=O) groups is 2. The maximum absolute atomic E-state index is 13.4. The van der Waals surface area contributed by atoms with Crippen molar-refractivity contribution in [2.45, 2.75) is 25.9 Å². The smallest absolute Gasteiger partial charge is 0.339 e. The van der Waals surface area contributed by atoms with Crippen LogP contribution in [0.5, 0.6) is 0 Å². The van der Waals surface area contributed by atoms with Crippen LogP contribution in [-0.4, -0.2) is 29.5 Å². The molecule has 1 atom stereocenters. The lowest BCUT2D eigenvalue weighted by Crippen LogP contribution is -2.42. The van der Waals surface area contributed by atoms with Gasteiger partial charge in [0.2, 0.25) is 0 Å². The molecule has 36 heavy (non-hydrogen) atoms. The summed E-state index contributed by atoms with van der Waals surface area (Å²) in [7, 11) is 0. The molecule has 0 N–H and O–H groups in total. The van der Waals surface area contributed by atoms with Gasteiger partial charge in [-0.1, -0.05) is 60.7 Å². The molecule has 5 aromatic rings. The van der Waals surface area contributed by atoms with E-state index in [1.54, 1.807) is 29.2 Å². The molecule has 0 fully saturated rings. The molecule has 1 aliphatic heterocycles. The van der Waals surface area contributed by atoms with E-state index in [2.05, 4.69) is 0 Å². The number of hydrogen-bond donors (Lipinski definition) is 0. The van der Waals surface area contributed by atoms with Gasteiger partial charge in [-0.15, -0.1) is 11.3 Å². The van der Waals surface area contributed by atoms with Gasteiger partial charge in [-0.3, -0.25) is 4.79 Å². The average Bonchev–Trinajstić information content (AvgIpc) is 3.36. The predicted molar refractivity (Wildman–Crippen MR) is 145 cm³/mol. The van der Waals surface area contributed by atoms with Crippen molar-refractivity contribution in [2.24, 2.45) is 0 Å². The van der Waals surface area contributed by atoms with Crippen molar-refractivity contribution >= 4 is 49.9 Å². The molecule has 2 heterocycles. The largest absolute Gasteiger partial charge is 0.449 e. The van der Waals surface area contributed by atoms with Crippen LogP contribution in [0.1, 0.15) is 29.3 Å². The number of amides is 1. The van der Waals surface area contributed by atoms with E-state index in [1.807, 2.05) is 78.9 Å². The Bertz CT molecular complexity index is 1590. The van der Waals surface area contributed by atoms with Crippen molar-refractivity contribution in [1.29, 1.82) is 0 Å². The molecule has 1 aliphatic rings. The number of anilines is 1. The molecule has 6 rings (SSSR count). The van der Waals surface area contributed by atoms with Crippen molar-refractivity contribution in [3.8, 4) is 10.6 Å². The highest BCUT2D eigenvalue weighted by Gasteiger charge is 2.29. The molecule has 178 valence electrons.